The Morgan fingerprint density at radius 3 is 1.52 bits per heavy atom. The molecule has 0 aromatic heterocycles. The van der Waals surface area contributed by atoms with Crippen LogP contribution in [0.4, 0.5) is 0 Å². The van der Waals surface area contributed by atoms with Gasteiger partial charge in [0.05, 0.1) is 22.8 Å². The molecule has 7 heteroatoms. The van der Waals surface area contributed by atoms with Gasteiger partial charge in [-0.15, -0.1) is 5.56 Å². The molecule has 0 unspecified atom stereocenters. The second kappa shape index (κ2) is 9.41. The maximum Gasteiger partial charge on any atom is 0.167 e. The first-order valence-corrected chi connectivity index (χ1v) is 12.4. The number of hydrogen-bond donors (Lipinski definition) is 6. The van der Waals surface area contributed by atoms with Crippen molar-refractivity contribution in [2.45, 2.75) is 6.42 Å². The third kappa shape index (κ3) is 3.48. The van der Waals surface area contributed by atoms with Crippen LogP contribution >= 0.6 is 0 Å². The number of fused-ring (bicyclic) bond motifs is 5. The fourth-order valence-corrected chi connectivity index (χ4v) is 5.94. The zero-order valence-electron chi connectivity index (χ0n) is 20.9. The third-order valence-electron chi connectivity index (χ3n) is 7.65. The minimum atomic E-state index is -0.738. The Kier molecular flexibility index (Phi) is 6.10. The predicted octanol–water partition coefficient (Wildman–Crippen LogP) is 6.93. The summed E-state index contributed by atoms with van der Waals surface area (Å²) >= 11 is 0. The zero-order chi connectivity index (χ0) is 27.0. The molecular formula is C33H21O6U-. The molecule has 6 aromatic rings. The van der Waals surface area contributed by atoms with Gasteiger partial charge in [0.2, 0.25) is 0 Å². The Labute approximate surface area is 252 Å². The molecule has 6 N–H and O–H groups in total. The van der Waals surface area contributed by atoms with Gasteiger partial charge < -0.3 is 30.6 Å². The topological polar surface area (TPSA) is 121 Å². The van der Waals surface area contributed by atoms with Crippen LogP contribution < -0.4 is 0 Å². The van der Waals surface area contributed by atoms with Crippen molar-refractivity contribution in [3.05, 3.63) is 96.1 Å². The van der Waals surface area contributed by atoms with E-state index in [2.05, 4.69) is 6.07 Å². The SMILES string of the molecule is Oc1[c-]c2c(c(O)c1O)Cc1c(O)c(O)c(-c3c4ccccc4c(-c4ccccc4)c4ccccc34)c(O)c1-2.[U]. The van der Waals surface area contributed by atoms with Crippen molar-refractivity contribution in [2.75, 3.05) is 0 Å². The molecule has 0 bridgehead atoms. The van der Waals surface area contributed by atoms with Crippen molar-refractivity contribution in [3.63, 3.8) is 0 Å². The average molecular weight is 752 g/mol. The Morgan fingerprint density at radius 2 is 0.950 bits per heavy atom. The normalized spacial score (nSPS) is 11.8. The van der Waals surface area contributed by atoms with Crippen LogP contribution in [-0.2, 0) is 6.42 Å². The molecule has 0 saturated heterocycles. The van der Waals surface area contributed by atoms with Gasteiger partial charge in [-0.2, -0.15) is 0 Å². The van der Waals surface area contributed by atoms with E-state index >= 15 is 0 Å². The number of phenols is 6. The smallest absolute Gasteiger partial charge is 0.167 e. The van der Waals surface area contributed by atoms with Gasteiger partial charge in [0.1, 0.15) is 5.75 Å². The van der Waals surface area contributed by atoms with Crippen molar-refractivity contribution < 1.29 is 61.8 Å². The Bertz CT molecular complexity index is 1940. The van der Waals surface area contributed by atoms with Crippen LogP contribution in [0.5, 0.6) is 34.5 Å². The molecule has 40 heavy (non-hydrogen) atoms. The summed E-state index contributed by atoms with van der Waals surface area (Å²) in [5.41, 5.74) is 3.16. The first kappa shape index (κ1) is 25.9. The second-order valence-corrected chi connectivity index (χ2v) is 9.68. The largest absolute Gasteiger partial charge is 0.545 e. The van der Waals surface area contributed by atoms with E-state index < -0.39 is 28.7 Å². The van der Waals surface area contributed by atoms with E-state index in [1.165, 1.54) is 0 Å². The quantitative estimate of drug-likeness (QED) is 0.0494. The standard InChI is InChI=1S/C33H21O6.U/c34-24-15-21-22(29(35)31(24)37)14-23-27(21)32(38)28(33(39)30(23)36)26-19-12-6-4-10-17(19)25(16-8-2-1-3-9-16)18-11-5-7-13-20(18)26;/h1-13,34-39H,14H2;/q-1;. The van der Waals surface area contributed by atoms with Gasteiger partial charge in [-0.25, -0.2) is 0 Å². The van der Waals surface area contributed by atoms with E-state index in [4.69, 9.17) is 0 Å². The Morgan fingerprint density at radius 1 is 0.450 bits per heavy atom. The van der Waals surface area contributed by atoms with E-state index in [1.807, 2.05) is 78.9 Å². The van der Waals surface area contributed by atoms with E-state index in [1.54, 1.807) is 0 Å². The summed E-state index contributed by atoms with van der Waals surface area (Å²) in [6, 6.07) is 28.0. The van der Waals surface area contributed by atoms with Crippen molar-refractivity contribution in [2.24, 2.45) is 0 Å². The van der Waals surface area contributed by atoms with Crippen LogP contribution in [0.25, 0.3) is 54.9 Å². The van der Waals surface area contributed by atoms with Crippen LogP contribution in [0.2, 0.25) is 0 Å². The van der Waals surface area contributed by atoms with Crippen molar-refractivity contribution in [3.8, 4) is 67.9 Å². The van der Waals surface area contributed by atoms with Crippen LogP contribution in [-0.4, -0.2) is 30.6 Å². The summed E-state index contributed by atoms with van der Waals surface area (Å²) in [7, 11) is 0. The van der Waals surface area contributed by atoms with E-state index in [9.17, 15) is 30.6 Å². The fourth-order valence-electron chi connectivity index (χ4n) is 5.94. The molecule has 6 aromatic carbocycles. The van der Waals surface area contributed by atoms with Gasteiger partial charge in [-0.3, -0.25) is 0 Å². The molecular weight excluding hydrogens is 730 g/mol. The molecule has 0 heterocycles. The summed E-state index contributed by atoms with van der Waals surface area (Å²) < 4.78 is 0. The number of benzene rings is 6. The Balaban J connectivity index is 0.00000289. The third-order valence-corrected chi connectivity index (χ3v) is 7.65. The summed E-state index contributed by atoms with van der Waals surface area (Å²) in [5.74, 6) is -3.28. The summed E-state index contributed by atoms with van der Waals surface area (Å²) in [6.07, 6.45) is -0.0808. The van der Waals surface area contributed by atoms with Gasteiger partial charge in [-0.1, -0.05) is 96.1 Å². The average Bonchev–Trinajstić information content (AvgIpc) is 3.34. The first-order valence-electron chi connectivity index (χ1n) is 12.4. The Hall–Kier alpha value is -4.31. The first-order chi connectivity index (χ1) is 18.9. The molecule has 0 radical (unpaired) electrons. The summed E-state index contributed by atoms with van der Waals surface area (Å²) in [6.45, 7) is 0. The van der Waals surface area contributed by atoms with Gasteiger partial charge in [-0.05, 0) is 44.7 Å². The fraction of sp³-hybridized carbons (Fsp3) is 0.0303. The van der Waals surface area contributed by atoms with Gasteiger partial charge >= 0.3 is 0 Å². The second-order valence-electron chi connectivity index (χ2n) is 9.68. The maximum atomic E-state index is 11.8. The molecule has 194 valence electrons. The van der Waals surface area contributed by atoms with Crippen molar-refractivity contribution in [1.29, 1.82) is 0 Å². The molecule has 0 amide bonds. The maximum absolute atomic E-state index is 11.8. The number of rotatable bonds is 2. The molecule has 1 aliphatic rings. The van der Waals surface area contributed by atoms with Crippen LogP contribution in [0.15, 0.2) is 78.9 Å². The summed E-state index contributed by atoms with van der Waals surface area (Å²) in [5, 5.41) is 68.2. The molecule has 0 saturated carbocycles. The predicted molar refractivity (Wildman–Crippen MR) is 149 cm³/mol. The van der Waals surface area contributed by atoms with E-state index in [-0.39, 0.29) is 71.1 Å². The van der Waals surface area contributed by atoms with Gasteiger partial charge in [0, 0.05) is 36.7 Å². The molecule has 1 aliphatic carbocycles. The van der Waals surface area contributed by atoms with Crippen molar-refractivity contribution >= 4 is 21.5 Å². The molecule has 0 spiro atoms. The summed E-state index contributed by atoms with van der Waals surface area (Å²) in [4.78, 5) is 0. The minimum absolute atomic E-state index is 0. The van der Waals surface area contributed by atoms with E-state index in [0.717, 1.165) is 32.7 Å². The van der Waals surface area contributed by atoms with Crippen LogP contribution in [0, 0.1) is 37.2 Å². The van der Waals surface area contributed by atoms with E-state index in [0.29, 0.717) is 5.56 Å². The number of hydrogen-bond acceptors (Lipinski definition) is 6. The van der Waals surface area contributed by atoms with Gasteiger partial charge in [0.25, 0.3) is 0 Å². The number of aromatic hydroxyl groups is 6. The monoisotopic (exact) mass is 751 g/mol. The van der Waals surface area contributed by atoms with Gasteiger partial charge in [0.15, 0.2) is 11.5 Å². The van der Waals surface area contributed by atoms with Crippen LogP contribution in [0.3, 0.4) is 0 Å². The zero-order valence-corrected chi connectivity index (χ0v) is 25.1. The molecule has 0 fully saturated rings. The molecule has 0 aliphatic heterocycles. The number of phenolic OH excluding ortho intramolecular Hbond substituents is 6. The minimum Gasteiger partial charge on any atom is -0.545 e. The molecule has 6 nitrogen and oxygen atoms in total. The molecule has 0 atom stereocenters. The van der Waals surface area contributed by atoms with Crippen molar-refractivity contribution in [1.82, 2.24) is 0 Å². The molecule has 7 rings (SSSR count). The van der Waals surface area contributed by atoms with Crippen LogP contribution in [0.1, 0.15) is 11.1 Å².